The number of hydrogen-bond acceptors (Lipinski definition) is 4. The summed E-state index contributed by atoms with van der Waals surface area (Å²) in [4.78, 5) is 0. The van der Waals surface area contributed by atoms with Crippen LogP contribution in [0.25, 0.3) is 11.1 Å². The fraction of sp³-hybridized carbons (Fsp3) is 0.714. The first kappa shape index (κ1) is 33.6. The minimum atomic E-state index is -0.694. The molecule has 0 N–H and O–H groups in total. The van der Waals surface area contributed by atoms with Crippen molar-refractivity contribution in [1.29, 1.82) is 0 Å². The van der Waals surface area contributed by atoms with Crippen molar-refractivity contribution in [2.24, 2.45) is 0 Å². The van der Waals surface area contributed by atoms with Gasteiger partial charge in [-0.3, -0.25) is 0 Å². The highest BCUT2D eigenvalue weighted by Crippen LogP contribution is 2.63. The molecule has 0 amide bonds. The predicted molar refractivity (Wildman–Crippen MR) is 203 cm³/mol. The maximum Gasteiger partial charge on any atom is 0.246 e. The zero-order valence-electron chi connectivity index (χ0n) is 30.3. The van der Waals surface area contributed by atoms with Crippen molar-refractivity contribution >= 4 is 26.5 Å². The van der Waals surface area contributed by atoms with Crippen molar-refractivity contribution in [3.05, 3.63) is 24.3 Å². The van der Waals surface area contributed by atoms with Gasteiger partial charge in [-0.15, -0.1) is 0 Å². The van der Waals surface area contributed by atoms with E-state index in [2.05, 4.69) is 52.0 Å². The van der Waals surface area contributed by atoms with Gasteiger partial charge < -0.3 is 18.9 Å². The highest BCUT2D eigenvalue weighted by Gasteiger charge is 2.45. The molecule has 0 radical (unpaired) electrons. The third kappa shape index (κ3) is 6.65. The molecular formula is C42H60O4P2. The lowest BCUT2D eigenvalue weighted by molar-refractivity contribution is -0.0442. The standard InChI is InChI=1S/C42H60O4P2/c1-41(2)43-33-25-27-35(47(29-17-9-5-10-18-29)30-19-11-6-12-20-30)37(39(33)45-41)38-36(28-26-34-40(38)46-42(3,4)44-34)48(31-21-13-7-14-22-31)32-23-15-8-16-24-32/h25-32H,5-24H2,1-4H3. The van der Waals surface area contributed by atoms with Gasteiger partial charge in [-0.2, -0.15) is 0 Å². The van der Waals surface area contributed by atoms with E-state index in [1.165, 1.54) is 140 Å². The fourth-order valence-corrected chi connectivity index (χ4v) is 18.2. The molecule has 0 aromatic heterocycles. The van der Waals surface area contributed by atoms with Crippen LogP contribution in [0.5, 0.6) is 23.0 Å². The maximum atomic E-state index is 6.98. The fourth-order valence-electron chi connectivity index (χ4n) is 10.3. The number of fused-ring (bicyclic) bond motifs is 2. The molecular weight excluding hydrogens is 630 g/mol. The number of hydrogen-bond donors (Lipinski definition) is 0. The molecule has 48 heavy (non-hydrogen) atoms. The number of ether oxygens (including phenoxy) is 4. The zero-order valence-corrected chi connectivity index (χ0v) is 32.1. The first-order valence-electron chi connectivity index (χ1n) is 20.0. The second-order valence-corrected chi connectivity index (χ2v) is 22.3. The number of benzene rings is 2. The van der Waals surface area contributed by atoms with E-state index in [9.17, 15) is 0 Å². The molecule has 0 spiro atoms. The van der Waals surface area contributed by atoms with Gasteiger partial charge in [-0.05, 0) is 109 Å². The van der Waals surface area contributed by atoms with E-state index in [0.717, 1.165) is 45.6 Å². The summed E-state index contributed by atoms with van der Waals surface area (Å²) >= 11 is 0. The molecule has 6 aliphatic rings. The Kier molecular flexibility index (Phi) is 9.74. The van der Waals surface area contributed by atoms with E-state index < -0.39 is 11.6 Å². The van der Waals surface area contributed by atoms with Crippen molar-refractivity contribution in [1.82, 2.24) is 0 Å². The Bertz CT molecular complexity index is 1300. The third-order valence-electron chi connectivity index (χ3n) is 12.3. The molecule has 0 atom stereocenters. The summed E-state index contributed by atoms with van der Waals surface area (Å²) in [6, 6.07) is 9.58. The van der Waals surface area contributed by atoms with Crippen molar-refractivity contribution in [2.45, 2.75) is 190 Å². The van der Waals surface area contributed by atoms with Crippen LogP contribution in [0.1, 0.15) is 156 Å². The van der Waals surface area contributed by atoms with Crippen LogP contribution in [-0.2, 0) is 0 Å². The Hall–Kier alpha value is -1.50. The molecule has 0 bridgehead atoms. The van der Waals surface area contributed by atoms with Crippen LogP contribution in [0.15, 0.2) is 24.3 Å². The van der Waals surface area contributed by atoms with E-state index in [0.29, 0.717) is 0 Å². The summed E-state index contributed by atoms with van der Waals surface area (Å²) < 4.78 is 27.2. The molecule has 0 unspecified atom stereocenters. The normalized spacial score (nSPS) is 24.9. The lowest BCUT2D eigenvalue weighted by atomic mass is 9.99. The molecule has 2 aliphatic heterocycles. The maximum absolute atomic E-state index is 6.98. The Labute approximate surface area is 293 Å². The lowest BCUT2D eigenvalue weighted by Gasteiger charge is -2.41. The average molecular weight is 691 g/mol. The van der Waals surface area contributed by atoms with Crippen LogP contribution in [0.3, 0.4) is 0 Å². The molecule has 6 heteroatoms. The van der Waals surface area contributed by atoms with Crippen molar-refractivity contribution in [2.75, 3.05) is 0 Å². The van der Waals surface area contributed by atoms with Gasteiger partial charge in [0.25, 0.3) is 0 Å². The van der Waals surface area contributed by atoms with Crippen LogP contribution < -0.4 is 29.6 Å². The molecule has 4 fully saturated rings. The van der Waals surface area contributed by atoms with Gasteiger partial charge in [0.1, 0.15) is 0 Å². The number of rotatable bonds is 7. The molecule has 2 heterocycles. The van der Waals surface area contributed by atoms with Gasteiger partial charge in [0, 0.05) is 38.8 Å². The van der Waals surface area contributed by atoms with Gasteiger partial charge in [0.15, 0.2) is 23.0 Å². The SMILES string of the molecule is CC1(C)Oc2ccc(P(C3CCCCC3)C3CCCCC3)c(-c3c(P(C4CCCCC4)C4CCCCC4)ccc4c3OC(C)(C)O4)c2O1. The quantitative estimate of drug-likeness (QED) is 0.271. The summed E-state index contributed by atoms with van der Waals surface area (Å²) in [6.07, 6.45) is 27.7. The minimum Gasteiger partial charge on any atom is -0.449 e. The van der Waals surface area contributed by atoms with Crippen molar-refractivity contribution in [3.8, 4) is 34.1 Å². The Morgan fingerprint density at radius 2 is 0.708 bits per heavy atom. The van der Waals surface area contributed by atoms with Crippen LogP contribution in [0.2, 0.25) is 0 Å². The second-order valence-electron chi connectivity index (χ2n) is 16.8. The van der Waals surface area contributed by atoms with Gasteiger partial charge in [-0.25, -0.2) is 0 Å². The van der Waals surface area contributed by atoms with Gasteiger partial charge in [0.05, 0.1) is 0 Å². The molecule has 8 rings (SSSR count). The van der Waals surface area contributed by atoms with Crippen LogP contribution >= 0.6 is 15.8 Å². The molecule has 4 saturated carbocycles. The Morgan fingerprint density at radius 1 is 0.417 bits per heavy atom. The second kappa shape index (κ2) is 13.9. The largest absolute Gasteiger partial charge is 0.449 e. The molecule has 2 aromatic rings. The first-order chi connectivity index (χ1) is 23.3. The van der Waals surface area contributed by atoms with Crippen molar-refractivity contribution in [3.63, 3.8) is 0 Å². The molecule has 0 saturated heterocycles. The summed E-state index contributed by atoms with van der Waals surface area (Å²) in [7, 11) is -0.779. The van der Waals surface area contributed by atoms with Gasteiger partial charge in [0.2, 0.25) is 11.6 Å². The summed E-state index contributed by atoms with van der Waals surface area (Å²) in [5, 5.41) is 3.16. The summed E-state index contributed by atoms with van der Waals surface area (Å²) in [5.74, 6) is 2.37. The van der Waals surface area contributed by atoms with Crippen LogP contribution in [0.4, 0.5) is 0 Å². The van der Waals surface area contributed by atoms with E-state index >= 15 is 0 Å². The van der Waals surface area contributed by atoms with Gasteiger partial charge >= 0.3 is 0 Å². The average Bonchev–Trinajstić information content (AvgIpc) is 3.60. The smallest absolute Gasteiger partial charge is 0.246 e. The highest BCUT2D eigenvalue weighted by atomic mass is 31.1. The third-order valence-corrected chi connectivity index (χ3v) is 19.4. The highest BCUT2D eigenvalue weighted by molar-refractivity contribution is 7.68. The van der Waals surface area contributed by atoms with E-state index in [1.807, 2.05) is 0 Å². The minimum absolute atomic E-state index is 0.390. The van der Waals surface area contributed by atoms with E-state index in [1.54, 1.807) is 10.6 Å². The lowest BCUT2D eigenvalue weighted by Crippen LogP contribution is -2.31. The van der Waals surface area contributed by atoms with Gasteiger partial charge in [-0.1, -0.05) is 92.9 Å². The van der Waals surface area contributed by atoms with E-state index in [-0.39, 0.29) is 15.8 Å². The van der Waals surface area contributed by atoms with E-state index in [4.69, 9.17) is 18.9 Å². The monoisotopic (exact) mass is 690 g/mol. The predicted octanol–water partition coefficient (Wildman–Crippen LogP) is 11.9. The first-order valence-corrected chi connectivity index (χ1v) is 22.9. The topological polar surface area (TPSA) is 36.9 Å². The Balaban J connectivity index is 1.38. The molecule has 4 nitrogen and oxygen atoms in total. The Morgan fingerprint density at radius 3 is 1.00 bits per heavy atom. The van der Waals surface area contributed by atoms with Crippen molar-refractivity contribution < 1.29 is 18.9 Å². The van der Waals surface area contributed by atoms with Crippen LogP contribution in [-0.4, -0.2) is 34.2 Å². The summed E-state index contributed by atoms with van der Waals surface area (Å²) in [5.41, 5.74) is 5.80. The zero-order chi connectivity index (χ0) is 32.9. The summed E-state index contributed by atoms with van der Waals surface area (Å²) in [6.45, 7) is 8.32. The molecule has 2 aromatic carbocycles. The molecule has 4 aliphatic carbocycles. The van der Waals surface area contributed by atoms with Crippen LogP contribution in [0, 0.1) is 0 Å². The molecule has 262 valence electrons.